The van der Waals surface area contributed by atoms with E-state index in [0.717, 1.165) is 0 Å². The molecule has 0 saturated carbocycles. The monoisotopic (exact) mass is 186 g/mol. The Morgan fingerprint density at radius 2 is 1.82 bits per heavy atom. The Labute approximate surface area is 65.4 Å². The summed E-state index contributed by atoms with van der Waals surface area (Å²) in [7, 11) is -4.76. The molecule has 0 radical (unpaired) electrons. The van der Waals surface area contributed by atoms with E-state index in [2.05, 4.69) is 4.33 Å². The van der Waals surface area contributed by atoms with Crippen molar-refractivity contribution < 1.29 is 23.5 Å². The van der Waals surface area contributed by atoms with Crippen LogP contribution < -0.4 is 0 Å². The van der Waals surface area contributed by atoms with Crippen molar-refractivity contribution in [2.45, 2.75) is 25.5 Å². The average Bonchev–Trinajstić information content (AvgIpc) is 1.86. The van der Waals surface area contributed by atoms with Gasteiger partial charge in [0.15, 0.2) is 0 Å². The SMILES string of the molecule is CC(C)(C)S(=O)(O)(CO)OO. The molecule has 0 amide bonds. The molecule has 70 valence electrons. The molecule has 0 aliphatic rings. The van der Waals surface area contributed by atoms with Crippen molar-refractivity contribution in [2.24, 2.45) is 0 Å². The first-order chi connectivity index (χ1) is 4.66. The minimum atomic E-state index is -4.76. The van der Waals surface area contributed by atoms with Gasteiger partial charge < -0.3 is 9.66 Å². The van der Waals surface area contributed by atoms with Gasteiger partial charge in [0.05, 0.1) is 4.75 Å². The van der Waals surface area contributed by atoms with Gasteiger partial charge in [-0.05, 0) is 20.8 Å². The van der Waals surface area contributed by atoms with E-state index >= 15 is 0 Å². The summed E-state index contributed by atoms with van der Waals surface area (Å²) in [6.45, 7) is 4.15. The summed E-state index contributed by atoms with van der Waals surface area (Å²) >= 11 is 0. The fraction of sp³-hybridized carbons (Fsp3) is 1.00. The number of hydrogen-bond acceptors (Lipinski definition) is 4. The van der Waals surface area contributed by atoms with Crippen molar-refractivity contribution in [1.82, 2.24) is 0 Å². The van der Waals surface area contributed by atoms with Gasteiger partial charge in [0.1, 0.15) is 15.6 Å². The Bertz CT molecular complexity index is 195. The number of rotatable bonds is 2. The van der Waals surface area contributed by atoms with Gasteiger partial charge in [0.25, 0.3) is 0 Å². The third-order valence-corrected chi connectivity index (χ3v) is 4.76. The van der Waals surface area contributed by atoms with Crippen LogP contribution in [0.3, 0.4) is 0 Å². The zero-order valence-electron chi connectivity index (χ0n) is 6.77. The van der Waals surface area contributed by atoms with Gasteiger partial charge in [-0.2, -0.15) is 0 Å². The van der Waals surface area contributed by atoms with Crippen molar-refractivity contribution in [3.8, 4) is 0 Å². The van der Waals surface area contributed by atoms with Crippen LogP contribution in [0.15, 0.2) is 0 Å². The summed E-state index contributed by atoms with van der Waals surface area (Å²) in [6.07, 6.45) is 0. The van der Waals surface area contributed by atoms with Gasteiger partial charge in [-0.3, -0.25) is 0 Å². The molecule has 0 atom stereocenters. The lowest BCUT2D eigenvalue weighted by Gasteiger charge is -2.41. The molecular formula is C5H14O5S. The number of hydrogen-bond donors (Lipinski definition) is 3. The predicted molar refractivity (Wildman–Crippen MR) is 41.3 cm³/mol. The molecule has 0 bridgehead atoms. The summed E-state index contributed by atoms with van der Waals surface area (Å²) < 4.78 is 22.9. The molecule has 0 heterocycles. The van der Waals surface area contributed by atoms with E-state index in [0.29, 0.717) is 0 Å². The van der Waals surface area contributed by atoms with Gasteiger partial charge >= 0.3 is 0 Å². The van der Waals surface area contributed by atoms with E-state index in [1.165, 1.54) is 20.8 Å². The molecule has 0 spiro atoms. The predicted octanol–water partition coefficient (Wildman–Crippen LogP) is 0.432. The van der Waals surface area contributed by atoms with Crippen molar-refractivity contribution in [2.75, 3.05) is 5.94 Å². The quantitative estimate of drug-likeness (QED) is 0.430. The Kier molecular flexibility index (Phi) is 2.49. The molecule has 11 heavy (non-hydrogen) atoms. The van der Waals surface area contributed by atoms with E-state index < -0.39 is 20.3 Å². The molecular weight excluding hydrogens is 172 g/mol. The molecule has 0 fully saturated rings. The smallest absolute Gasteiger partial charge is 0.144 e. The van der Waals surface area contributed by atoms with Crippen LogP contribution >= 0.6 is 0 Å². The summed E-state index contributed by atoms with van der Waals surface area (Å²) in [5.74, 6) is -1.11. The Morgan fingerprint density at radius 3 is 1.82 bits per heavy atom. The summed E-state index contributed by atoms with van der Waals surface area (Å²) in [5, 5.41) is 16.8. The van der Waals surface area contributed by atoms with Crippen LogP contribution in [0, 0.1) is 0 Å². The largest absolute Gasteiger partial charge is 0.380 e. The second-order valence-corrected chi connectivity index (χ2v) is 6.90. The van der Waals surface area contributed by atoms with E-state index in [1.807, 2.05) is 0 Å². The molecule has 0 aromatic carbocycles. The maximum atomic E-state index is 11.4. The fourth-order valence-corrected chi connectivity index (χ4v) is 0.987. The lowest BCUT2D eigenvalue weighted by molar-refractivity contribution is -0.149. The highest BCUT2D eigenvalue weighted by atomic mass is 32.3. The normalized spacial score (nSPS) is 17.5. The van der Waals surface area contributed by atoms with E-state index in [1.54, 1.807) is 0 Å². The third-order valence-electron chi connectivity index (χ3n) is 1.59. The van der Waals surface area contributed by atoms with Gasteiger partial charge in [-0.1, -0.05) is 0 Å². The van der Waals surface area contributed by atoms with Crippen LogP contribution in [0.25, 0.3) is 0 Å². The van der Waals surface area contributed by atoms with Crippen molar-refractivity contribution in [1.29, 1.82) is 0 Å². The van der Waals surface area contributed by atoms with Crippen molar-refractivity contribution in [3.63, 3.8) is 0 Å². The lowest BCUT2D eigenvalue weighted by Crippen LogP contribution is -2.53. The maximum Gasteiger partial charge on any atom is 0.144 e. The first kappa shape index (κ1) is 11.0. The molecule has 6 heteroatoms. The van der Waals surface area contributed by atoms with E-state index in [9.17, 15) is 8.76 Å². The molecule has 5 nitrogen and oxygen atoms in total. The van der Waals surface area contributed by atoms with E-state index in [4.69, 9.17) is 10.4 Å². The molecule has 3 N–H and O–H groups in total. The fourth-order valence-electron chi connectivity index (χ4n) is 0.329. The molecule has 0 aromatic heterocycles. The van der Waals surface area contributed by atoms with Crippen LogP contribution in [0.5, 0.6) is 0 Å². The van der Waals surface area contributed by atoms with Gasteiger partial charge in [-0.25, -0.2) is 9.47 Å². The lowest BCUT2D eigenvalue weighted by atomic mass is 10.3. The minimum Gasteiger partial charge on any atom is -0.380 e. The molecule has 0 aliphatic heterocycles. The number of aliphatic hydroxyl groups excluding tert-OH is 1. The van der Waals surface area contributed by atoms with Gasteiger partial charge in [0.2, 0.25) is 0 Å². The summed E-state index contributed by atoms with van der Waals surface area (Å²) in [6, 6.07) is 0. The maximum absolute atomic E-state index is 11.4. The van der Waals surface area contributed by atoms with E-state index in [-0.39, 0.29) is 0 Å². The zero-order valence-corrected chi connectivity index (χ0v) is 7.59. The molecule has 0 unspecified atom stereocenters. The van der Waals surface area contributed by atoms with Crippen LogP contribution in [-0.2, 0) is 14.0 Å². The van der Waals surface area contributed by atoms with Crippen LogP contribution in [0.4, 0.5) is 0 Å². The average molecular weight is 186 g/mol. The second-order valence-electron chi connectivity index (χ2n) is 3.30. The van der Waals surface area contributed by atoms with Crippen molar-refractivity contribution in [3.05, 3.63) is 0 Å². The minimum absolute atomic E-state index is 1.11. The standard InChI is InChI=1S/C5H14O5S/c1-5(2,3)11(8,9,4-6)10-7/h6-7H,4H2,1-3H3,(H,8,9). The molecule has 0 aliphatic carbocycles. The van der Waals surface area contributed by atoms with Crippen LogP contribution in [-0.4, -0.2) is 29.8 Å². The summed E-state index contributed by atoms with van der Waals surface area (Å²) in [4.78, 5) is 0. The van der Waals surface area contributed by atoms with Crippen molar-refractivity contribution >= 4 is 9.63 Å². The molecule has 0 aromatic rings. The van der Waals surface area contributed by atoms with Crippen LogP contribution in [0.1, 0.15) is 20.8 Å². The summed E-state index contributed by atoms with van der Waals surface area (Å²) in [5.41, 5.74) is 0. The van der Waals surface area contributed by atoms with Crippen LogP contribution in [0.2, 0.25) is 0 Å². The molecule has 0 rings (SSSR count). The highest BCUT2D eigenvalue weighted by Crippen LogP contribution is 2.35. The Morgan fingerprint density at radius 1 is 1.45 bits per heavy atom. The second kappa shape index (κ2) is 2.49. The highest BCUT2D eigenvalue weighted by Gasteiger charge is 2.47. The Balaban J connectivity index is 5.08. The van der Waals surface area contributed by atoms with Gasteiger partial charge in [0, 0.05) is 0 Å². The topological polar surface area (TPSA) is 87.0 Å². The zero-order chi connectivity index (χ0) is 9.36. The number of aliphatic hydroxyl groups is 1. The Hall–Kier alpha value is -0.0100. The highest BCUT2D eigenvalue weighted by molar-refractivity contribution is 8.11. The van der Waals surface area contributed by atoms with Gasteiger partial charge in [-0.15, -0.1) is 4.33 Å². The third kappa shape index (κ3) is 1.60. The molecule has 0 saturated heterocycles. The first-order valence-electron chi connectivity index (χ1n) is 3.01. The first-order valence-corrected chi connectivity index (χ1v) is 5.02.